The van der Waals surface area contributed by atoms with Gasteiger partial charge in [0.2, 0.25) is 0 Å². The summed E-state index contributed by atoms with van der Waals surface area (Å²) >= 11 is 7.12. The highest BCUT2D eigenvalue weighted by Crippen LogP contribution is 2.26. The van der Waals surface area contributed by atoms with Gasteiger partial charge in [-0.2, -0.15) is 0 Å². The molecule has 5 nitrogen and oxygen atoms in total. The summed E-state index contributed by atoms with van der Waals surface area (Å²) < 4.78 is 24.4. The number of hydrogen-bond acceptors (Lipinski definition) is 5. The molecule has 100 valence electrons. The number of sulfone groups is 1. The number of aromatic carboxylic acids is 1. The fourth-order valence-electron chi connectivity index (χ4n) is 1.46. The number of carbonyl (C=O) groups is 1. The van der Waals surface area contributed by atoms with Crippen LogP contribution in [0, 0.1) is 0 Å². The SMILES string of the molecule is O=C(O)c1ccc(Cl)c(S(=O)(=O)Cc2cscn2)c1. The maximum absolute atomic E-state index is 12.2. The maximum Gasteiger partial charge on any atom is 0.335 e. The van der Waals surface area contributed by atoms with Crippen LogP contribution in [0.1, 0.15) is 16.1 Å². The van der Waals surface area contributed by atoms with E-state index >= 15 is 0 Å². The summed E-state index contributed by atoms with van der Waals surface area (Å²) in [5, 5.41) is 10.5. The van der Waals surface area contributed by atoms with Crippen LogP contribution in [0.2, 0.25) is 5.02 Å². The van der Waals surface area contributed by atoms with Gasteiger partial charge in [-0.15, -0.1) is 11.3 Å². The number of thiazole rings is 1. The van der Waals surface area contributed by atoms with Gasteiger partial charge in [-0.1, -0.05) is 11.6 Å². The summed E-state index contributed by atoms with van der Waals surface area (Å²) in [6.07, 6.45) is 0. The first kappa shape index (κ1) is 14.0. The number of rotatable bonds is 4. The molecule has 0 aliphatic rings. The lowest BCUT2D eigenvalue weighted by molar-refractivity contribution is 0.0696. The molecule has 1 aromatic carbocycles. The van der Waals surface area contributed by atoms with E-state index in [2.05, 4.69) is 4.98 Å². The highest BCUT2D eigenvalue weighted by molar-refractivity contribution is 7.90. The molecule has 0 fully saturated rings. The first-order chi connectivity index (χ1) is 8.90. The average molecular weight is 318 g/mol. The van der Waals surface area contributed by atoms with Gasteiger partial charge in [-0.3, -0.25) is 0 Å². The molecule has 0 radical (unpaired) electrons. The van der Waals surface area contributed by atoms with Gasteiger partial charge in [0, 0.05) is 5.38 Å². The van der Waals surface area contributed by atoms with Gasteiger partial charge in [0.25, 0.3) is 0 Å². The highest BCUT2D eigenvalue weighted by atomic mass is 35.5. The largest absolute Gasteiger partial charge is 0.478 e. The van der Waals surface area contributed by atoms with Crippen LogP contribution in [0.15, 0.2) is 34.0 Å². The van der Waals surface area contributed by atoms with Crippen molar-refractivity contribution < 1.29 is 18.3 Å². The number of aromatic nitrogens is 1. The second-order valence-corrected chi connectivity index (χ2v) is 6.77. The molecule has 0 amide bonds. The zero-order chi connectivity index (χ0) is 14.0. The third-order valence-corrected chi connectivity index (χ3v) is 5.10. The molecule has 0 aliphatic carbocycles. The van der Waals surface area contributed by atoms with Gasteiger partial charge >= 0.3 is 5.97 Å². The summed E-state index contributed by atoms with van der Waals surface area (Å²) in [5.41, 5.74) is 1.81. The average Bonchev–Trinajstić information content (AvgIpc) is 2.81. The predicted octanol–water partition coefficient (Wildman–Crippen LogP) is 2.47. The molecule has 0 unspecified atom stereocenters. The molecule has 1 aromatic heterocycles. The Kier molecular flexibility index (Phi) is 3.88. The van der Waals surface area contributed by atoms with Gasteiger partial charge in [0.1, 0.15) is 0 Å². The number of carboxylic acids is 1. The molecule has 0 saturated carbocycles. The first-order valence-corrected chi connectivity index (χ1v) is 8.00. The van der Waals surface area contributed by atoms with Crippen molar-refractivity contribution in [2.45, 2.75) is 10.6 Å². The van der Waals surface area contributed by atoms with Crippen LogP contribution in [0.4, 0.5) is 0 Å². The molecule has 8 heteroatoms. The van der Waals surface area contributed by atoms with Crippen molar-refractivity contribution in [2.24, 2.45) is 0 Å². The Balaban J connectivity index is 2.45. The van der Waals surface area contributed by atoms with Crippen LogP contribution < -0.4 is 0 Å². The minimum absolute atomic E-state index is 0.000213. The number of nitrogens with zero attached hydrogens (tertiary/aromatic N) is 1. The number of halogens is 1. The van der Waals surface area contributed by atoms with Crippen molar-refractivity contribution in [3.05, 3.63) is 45.4 Å². The molecule has 1 N–H and O–H groups in total. The first-order valence-electron chi connectivity index (χ1n) is 5.03. The van der Waals surface area contributed by atoms with Crippen molar-refractivity contribution in [1.29, 1.82) is 0 Å². The monoisotopic (exact) mass is 317 g/mol. The van der Waals surface area contributed by atoms with E-state index in [1.807, 2.05) is 0 Å². The molecule has 0 atom stereocenters. The fourth-order valence-corrected chi connectivity index (χ4v) is 3.96. The Morgan fingerprint density at radius 2 is 2.16 bits per heavy atom. The number of carboxylic acid groups (broad SMARTS) is 1. The Morgan fingerprint density at radius 3 is 2.74 bits per heavy atom. The van der Waals surface area contributed by atoms with Crippen molar-refractivity contribution in [3.8, 4) is 0 Å². The molecule has 0 spiro atoms. The normalized spacial score (nSPS) is 11.4. The standard InChI is InChI=1S/C11H8ClNO4S2/c12-9-2-1-7(11(14)15)3-10(9)19(16,17)5-8-4-18-6-13-8/h1-4,6H,5H2,(H,14,15). The van der Waals surface area contributed by atoms with Crippen LogP contribution in [0.3, 0.4) is 0 Å². The van der Waals surface area contributed by atoms with Gasteiger partial charge in [0.15, 0.2) is 9.84 Å². The molecule has 0 aliphatic heterocycles. The van der Waals surface area contributed by atoms with Crippen LogP contribution in [-0.2, 0) is 15.6 Å². The van der Waals surface area contributed by atoms with Crippen molar-refractivity contribution in [3.63, 3.8) is 0 Å². The zero-order valence-electron chi connectivity index (χ0n) is 9.41. The lowest BCUT2D eigenvalue weighted by Crippen LogP contribution is -2.08. The van der Waals surface area contributed by atoms with E-state index < -0.39 is 15.8 Å². The van der Waals surface area contributed by atoms with E-state index in [4.69, 9.17) is 16.7 Å². The quantitative estimate of drug-likeness (QED) is 0.936. The molecular weight excluding hydrogens is 310 g/mol. The van der Waals surface area contributed by atoms with Crippen LogP contribution in [-0.4, -0.2) is 24.5 Å². The van der Waals surface area contributed by atoms with Crippen LogP contribution in [0.5, 0.6) is 0 Å². The summed E-state index contributed by atoms with van der Waals surface area (Å²) in [7, 11) is -3.72. The second-order valence-electron chi connectivity index (χ2n) is 3.69. The molecular formula is C11H8ClNO4S2. The van der Waals surface area contributed by atoms with E-state index in [0.29, 0.717) is 5.69 Å². The lowest BCUT2D eigenvalue weighted by Gasteiger charge is -2.06. The Labute approximate surface area is 118 Å². The molecule has 19 heavy (non-hydrogen) atoms. The van der Waals surface area contributed by atoms with E-state index in [1.54, 1.807) is 5.38 Å². The third kappa shape index (κ3) is 3.12. The molecule has 2 rings (SSSR count). The predicted molar refractivity (Wildman–Crippen MR) is 71.4 cm³/mol. The van der Waals surface area contributed by atoms with Gasteiger partial charge in [0.05, 0.1) is 32.4 Å². The Hall–Kier alpha value is -1.44. The summed E-state index contributed by atoms with van der Waals surface area (Å²) in [5.74, 6) is -1.51. The smallest absolute Gasteiger partial charge is 0.335 e. The summed E-state index contributed by atoms with van der Waals surface area (Å²) in [6.45, 7) is 0. The van der Waals surface area contributed by atoms with E-state index in [0.717, 1.165) is 6.07 Å². The minimum Gasteiger partial charge on any atom is -0.478 e. The van der Waals surface area contributed by atoms with Gasteiger partial charge in [-0.25, -0.2) is 18.2 Å². The van der Waals surface area contributed by atoms with E-state index in [-0.39, 0.29) is 21.2 Å². The summed E-state index contributed by atoms with van der Waals surface area (Å²) in [4.78, 5) is 14.6. The fraction of sp³-hybridized carbons (Fsp3) is 0.0909. The zero-order valence-corrected chi connectivity index (χ0v) is 11.8. The van der Waals surface area contributed by atoms with Crippen LogP contribution in [0.25, 0.3) is 0 Å². The Bertz CT molecular complexity index is 710. The molecule has 1 heterocycles. The Morgan fingerprint density at radius 1 is 1.42 bits per heavy atom. The topological polar surface area (TPSA) is 84.3 Å². The number of hydrogen-bond donors (Lipinski definition) is 1. The van der Waals surface area contributed by atoms with Crippen LogP contribution >= 0.6 is 22.9 Å². The van der Waals surface area contributed by atoms with Gasteiger partial charge in [-0.05, 0) is 18.2 Å². The third-order valence-electron chi connectivity index (χ3n) is 2.33. The highest BCUT2D eigenvalue weighted by Gasteiger charge is 2.21. The lowest BCUT2D eigenvalue weighted by atomic mass is 10.2. The second kappa shape index (κ2) is 5.28. The minimum atomic E-state index is -3.72. The van der Waals surface area contributed by atoms with Gasteiger partial charge < -0.3 is 5.11 Å². The number of benzene rings is 1. The van der Waals surface area contributed by atoms with Crippen molar-refractivity contribution in [1.82, 2.24) is 4.98 Å². The molecule has 2 aromatic rings. The van der Waals surface area contributed by atoms with E-state index in [9.17, 15) is 13.2 Å². The maximum atomic E-state index is 12.2. The van der Waals surface area contributed by atoms with Crippen molar-refractivity contribution >= 4 is 38.7 Å². The molecule has 0 bridgehead atoms. The van der Waals surface area contributed by atoms with Crippen molar-refractivity contribution in [2.75, 3.05) is 0 Å². The molecule has 0 saturated heterocycles. The summed E-state index contributed by atoms with van der Waals surface area (Å²) in [6, 6.07) is 3.58. The van der Waals surface area contributed by atoms with E-state index in [1.165, 1.54) is 29.0 Å².